The Labute approximate surface area is 107 Å². The SMILES string of the molecule is Cn1c(C2CCCC2)nc2cc(CS)ccc21. The summed E-state index contributed by atoms with van der Waals surface area (Å²) in [6.45, 7) is 0. The molecule has 0 amide bonds. The van der Waals surface area contributed by atoms with E-state index in [0.29, 0.717) is 5.92 Å². The number of thiol groups is 1. The molecule has 1 aliphatic carbocycles. The molecule has 3 heteroatoms. The van der Waals surface area contributed by atoms with E-state index in [1.165, 1.54) is 42.6 Å². The van der Waals surface area contributed by atoms with Crippen LogP contribution in [-0.2, 0) is 12.8 Å². The second kappa shape index (κ2) is 4.37. The second-order valence-corrected chi connectivity index (χ2v) is 5.31. The summed E-state index contributed by atoms with van der Waals surface area (Å²) in [4.78, 5) is 4.83. The molecule has 0 unspecified atom stereocenters. The first-order valence-corrected chi connectivity index (χ1v) is 6.99. The van der Waals surface area contributed by atoms with Crippen molar-refractivity contribution in [1.82, 2.24) is 9.55 Å². The smallest absolute Gasteiger partial charge is 0.112 e. The molecule has 17 heavy (non-hydrogen) atoms. The molecule has 2 aromatic rings. The quantitative estimate of drug-likeness (QED) is 0.801. The number of hydrogen-bond acceptors (Lipinski definition) is 2. The fourth-order valence-corrected chi connectivity index (χ4v) is 3.11. The van der Waals surface area contributed by atoms with Crippen LogP contribution < -0.4 is 0 Å². The normalized spacial score (nSPS) is 17.1. The topological polar surface area (TPSA) is 17.8 Å². The highest BCUT2D eigenvalue weighted by Gasteiger charge is 2.22. The molecule has 90 valence electrons. The summed E-state index contributed by atoms with van der Waals surface area (Å²) < 4.78 is 2.27. The lowest BCUT2D eigenvalue weighted by atomic mass is 10.1. The van der Waals surface area contributed by atoms with Gasteiger partial charge in [0.15, 0.2) is 0 Å². The molecule has 0 N–H and O–H groups in total. The highest BCUT2D eigenvalue weighted by atomic mass is 32.1. The van der Waals surface area contributed by atoms with Crippen LogP contribution in [-0.4, -0.2) is 9.55 Å². The molecule has 1 saturated carbocycles. The lowest BCUT2D eigenvalue weighted by Gasteiger charge is -2.08. The highest BCUT2D eigenvalue weighted by Crippen LogP contribution is 2.34. The van der Waals surface area contributed by atoms with Crippen molar-refractivity contribution >= 4 is 23.7 Å². The Balaban J connectivity index is 2.10. The molecule has 1 heterocycles. The fourth-order valence-electron chi connectivity index (χ4n) is 2.91. The third-order valence-electron chi connectivity index (χ3n) is 3.88. The molecule has 2 nitrogen and oxygen atoms in total. The minimum absolute atomic E-state index is 0.673. The fraction of sp³-hybridized carbons (Fsp3) is 0.500. The van der Waals surface area contributed by atoms with Crippen molar-refractivity contribution in [1.29, 1.82) is 0 Å². The zero-order valence-corrected chi connectivity index (χ0v) is 11.1. The van der Waals surface area contributed by atoms with Gasteiger partial charge in [-0.25, -0.2) is 4.98 Å². The number of aromatic nitrogens is 2. The number of fused-ring (bicyclic) bond motifs is 1. The van der Waals surface area contributed by atoms with Gasteiger partial charge in [0.2, 0.25) is 0 Å². The first kappa shape index (κ1) is 11.1. The van der Waals surface area contributed by atoms with E-state index < -0.39 is 0 Å². The van der Waals surface area contributed by atoms with Crippen LogP contribution >= 0.6 is 12.6 Å². The number of nitrogens with zero attached hydrogens (tertiary/aromatic N) is 2. The summed E-state index contributed by atoms with van der Waals surface area (Å²) in [5.41, 5.74) is 3.62. The highest BCUT2D eigenvalue weighted by molar-refractivity contribution is 7.79. The van der Waals surface area contributed by atoms with Crippen LogP contribution in [0.25, 0.3) is 11.0 Å². The van der Waals surface area contributed by atoms with Gasteiger partial charge in [0.1, 0.15) is 5.82 Å². The van der Waals surface area contributed by atoms with Gasteiger partial charge in [-0.05, 0) is 30.5 Å². The largest absolute Gasteiger partial charge is 0.331 e. The predicted molar refractivity (Wildman–Crippen MR) is 74.6 cm³/mol. The van der Waals surface area contributed by atoms with Crippen molar-refractivity contribution in [2.24, 2.45) is 7.05 Å². The Morgan fingerprint density at radius 3 is 2.82 bits per heavy atom. The van der Waals surface area contributed by atoms with Gasteiger partial charge in [0.25, 0.3) is 0 Å². The Hall–Kier alpha value is -0.960. The number of rotatable bonds is 2. The van der Waals surface area contributed by atoms with Gasteiger partial charge < -0.3 is 4.57 Å². The second-order valence-electron chi connectivity index (χ2n) is 4.99. The van der Waals surface area contributed by atoms with Crippen LogP contribution in [0.1, 0.15) is 43.0 Å². The summed E-state index contributed by atoms with van der Waals surface area (Å²) in [7, 11) is 2.14. The molecule has 0 radical (unpaired) electrons. The van der Waals surface area contributed by atoms with Crippen molar-refractivity contribution in [2.45, 2.75) is 37.4 Å². The predicted octanol–water partition coefficient (Wildman–Crippen LogP) is 3.66. The molecule has 1 aromatic carbocycles. The van der Waals surface area contributed by atoms with Crippen LogP contribution in [0.15, 0.2) is 18.2 Å². The third-order valence-corrected chi connectivity index (χ3v) is 4.25. The summed E-state index contributed by atoms with van der Waals surface area (Å²) in [5.74, 6) is 2.73. The van der Waals surface area contributed by atoms with Gasteiger partial charge in [-0.15, -0.1) is 0 Å². The van der Waals surface area contributed by atoms with E-state index in [2.05, 4.69) is 42.4 Å². The Bertz CT molecular complexity index is 538. The number of hydrogen-bond donors (Lipinski definition) is 1. The number of imidazole rings is 1. The maximum absolute atomic E-state index is 4.83. The van der Waals surface area contributed by atoms with E-state index in [9.17, 15) is 0 Å². The Morgan fingerprint density at radius 1 is 1.35 bits per heavy atom. The molecule has 0 aliphatic heterocycles. The lowest BCUT2D eigenvalue weighted by molar-refractivity contribution is 0.639. The molecular weight excluding hydrogens is 228 g/mol. The average Bonchev–Trinajstić information content (AvgIpc) is 2.97. The van der Waals surface area contributed by atoms with Gasteiger partial charge in [0, 0.05) is 18.7 Å². The van der Waals surface area contributed by atoms with Crippen molar-refractivity contribution < 1.29 is 0 Å². The van der Waals surface area contributed by atoms with Crippen molar-refractivity contribution in [3.8, 4) is 0 Å². The van der Waals surface area contributed by atoms with Crippen LogP contribution in [0, 0.1) is 0 Å². The van der Waals surface area contributed by atoms with E-state index in [4.69, 9.17) is 4.98 Å². The monoisotopic (exact) mass is 246 g/mol. The first-order chi connectivity index (χ1) is 8.29. The molecular formula is C14H18N2S. The standard InChI is InChI=1S/C14H18N2S/c1-16-13-7-6-10(9-17)8-12(13)15-14(16)11-4-2-3-5-11/h6-8,11,17H,2-5,9H2,1H3. The van der Waals surface area contributed by atoms with Crippen molar-refractivity contribution in [2.75, 3.05) is 0 Å². The molecule has 0 saturated heterocycles. The zero-order valence-electron chi connectivity index (χ0n) is 10.2. The zero-order chi connectivity index (χ0) is 11.8. The number of benzene rings is 1. The van der Waals surface area contributed by atoms with E-state index >= 15 is 0 Å². The van der Waals surface area contributed by atoms with Crippen LogP contribution in [0.4, 0.5) is 0 Å². The lowest BCUT2D eigenvalue weighted by Crippen LogP contribution is -2.02. The maximum Gasteiger partial charge on any atom is 0.112 e. The minimum atomic E-state index is 0.673. The van der Waals surface area contributed by atoms with E-state index in [0.717, 1.165) is 11.3 Å². The molecule has 0 spiro atoms. The van der Waals surface area contributed by atoms with E-state index in [-0.39, 0.29) is 0 Å². The Kier molecular flexibility index (Phi) is 2.87. The van der Waals surface area contributed by atoms with Crippen molar-refractivity contribution in [3.05, 3.63) is 29.6 Å². The van der Waals surface area contributed by atoms with Gasteiger partial charge in [0.05, 0.1) is 11.0 Å². The minimum Gasteiger partial charge on any atom is -0.331 e. The van der Waals surface area contributed by atoms with Crippen LogP contribution in [0.3, 0.4) is 0 Å². The van der Waals surface area contributed by atoms with E-state index in [1.807, 2.05) is 0 Å². The first-order valence-electron chi connectivity index (χ1n) is 6.35. The van der Waals surface area contributed by atoms with Gasteiger partial charge in [-0.3, -0.25) is 0 Å². The average molecular weight is 246 g/mol. The van der Waals surface area contributed by atoms with Gasteiger partial charge >= 0.3 is 0 Å². The summed E-state index contributed by atoms with van der Waals surface area (Å²) in [6.07, 6.45) is 5.32. The molecule has 3 rings (SSSR count). The van der Waals surface area contributed by atoms with Crippen molar-refractivity contribution in [3.63, 3.8) is 0 Å². The summed E-state index contributed by atoms with van der Waals surface area (Å²) in [5, 5.41) is 0. The number of aryl methyl sites for hydroxylation is 1. The van der Waals surface area contributed by atoms with Gasteiger partial charge in [-0.2, -0.15) is 12.6 Å². The maximum atomic E-state index is 4.83. The molecule has 1 aliphatic rings. The van der Waals surface area contributed by atoms with E-state index in [1.54, 1.807) is 0 Å². The van der Waals surface area contributed by atoms with Crippen LogP contribution in [0.5, 0.6) is 0 Å². The molecule has 1 fully saturated rings. The van der Waals surface area contributed by atoms with Gasteiger partial charge in [-0.1, -0.05) is 18.9 Å². The third kappa shape index (κ3) is 1.86. The molecule has 0 atom stereocenters. The Morgan fingerprint density at radius 2 is 2.12 bits per heavy atom. The molecule has 0 bridgehead atoms. The molecule has 1 aromatic heterocycles. The van der Waals surface area contributed by atoms with Crippen LogP contribution in [0.2, 0.25) is 0 Å². The summed E-state index contributed by atoms with van der Waals surface area (Å²) in [6, 6.07) is 6.49. The summed E-state index contributed by atoms with van der Waals surface area (Å²) >= 11 is 4.32.